The van der Waals surface area contributed by atoms with E-state index < -0.39 is 15.9 Å². The number of alkyl halides is 3. The van der Waals surface area contributed by atoms with E-state index in [1.165, 1.54) is 18.2 Å². The van der Waals surface area contributed by atoms with Gasteiger partial charge in [0.1, 0.15) is 6.17 Å². The van der Waals surface area contributed by atoms with E-state index in [0.29, 0.717) is 15.7 Å². The fourth-order valence-corrected chi connectivity index (χ4v) is 2.61. The first-order chi connectivity index (χ1) is 11.2. The second-order valence-electron chi connectivity index (χ2n) is 4.73. The second kappa shape index (κ2) is 8.22. The quantitative estimate of drug-likeness (QED) is 0.434. The van der Waals surface area contributed by atoms with Crippen LogP contribution in [0.4, 0.5) is 5.69 Å². The second-order valence-corrected chi connectivity index (χ2v) is 8.35. The van der Waals surface area contributed by atoms with E-state index in [9.17, 15) is 4.79 Å². The number of rotatable bonds is 4. The smallest absolute Gasteiger partial charge is 0.253 e. The van der Waals surface area contributed by atoms with Crippen molar-refractivity contribution in [1.82, 2.24) is 5.32 Å². The first-order valence-corrected chi connectivity index (χ1v) is 8.78. The first-order valence-electron chi connectivity index (χ1n) is 6.51. The van der Waals surface area contributed by atoms with Gasteiger partial charge in [0.05, 0.1) is 10.0 Å². The number of nitrogens with one attached hydrogen (secondary N) is 2. The topological polar surface area (TPSA) is 41.1 Å². The molecule has 0 bridgehead atoms. The maximum absolute atomic E-state index is 12.4. The number of hydrogen-bond donors (Lipinski definition) is 2. The van der Waals surface area contributed by atoms with Crippen LogP contribution < -0.4 is 10.6 Å². The zero-order valence-electron chi connectivity index (χ0n) is 11.8. The molecule has 2 aromatic rings. The Balaban J connectivity index is 2.19. The lowest BCUT2D eigenvalue weighted by atomic mass is 10.2. The minimum absolute atomic E-state index is 0.248. The Hall–Kier alpha value is -0.550. The van der Waals surface area contributed by atoms with E-state index in [-0.39, 0.29) is 10.6 Å². The van der Waals surface area contributed by atoms with E-state index in [4.69, 9.17) is 69.6 Å². The maximum Gasteiger partial charge on any atom is 0.253 e. The van der Waals surface area contributed by atoms with Crippen LogP contribution in [0.1, 0.15) is 10.4 Å². The number of hydrogen-bond acceptors (Lipinski definition) is 2. The van der Waals surface area contributed by atoms with E-state index in [0.717, 1.165) is 0 Å². The van der Waals surface area contributed by atoms with Crippen LogP contribution in [0.5, 0.6) is 0 Å². The number of carbonyl (C=O) groups is 1. The van der Waals surface area contributed by atoms with Gasteiger partial charge in [0.15, 0.2) is 0 Å². The summed E-state index contributed by atoms with van der Waals surface area (Å²) in [7, 11) is 0. The molecule has 1 atom stereocenters. The Bertz CT molecular complexity index is 747. The van der Waals surface area contributed by atoms with Crippen LogP contribution in [0.3, 0.4) is 0 Å². The van der Waals surface area contributed by atoms with Crippen molar-refractivity contribution < 1.29 is 4.79 Å². The number of amides is 1. The average molecular weight is 447 g/mol. The molecule has 0 aromatic heterocycles. The van der Waals surface area contributed by atoms with Gasteiger partial charge in [-0.05, 0) is 36.4 Å². The van der Waals surface area contributed by atoms with Gasteiger partial charge in [-0.1, -0.05) is 75.7 Å². The Morgan fingerprint density at radius 1 is 0.958 bits per heavy atom. The fraction of sp³-hybridized carbons (Fsp3) is 0.133. The van der Waals surface area contributed by atoms with Crippen molar-refractivity contribution in [3.63, 3.8) is 0 Å². The van der Waals surface area contributed by atoms with E-state index in [1.807, 2.05) is 0 Å². The van der Waals surface area contributed by atoms with Crippen molar-refractivity contribution in [3.8, 4) is 0 Å². The molecule has 0 radical (unpaired) electrons. The molecule has 2 aromatic carbocycles. The Labute approximate surface area is 169 Å². The fourth-order valence-electron chi connectivity index (χ4n) is 1.80. The highest BCUT2D eigenvalue weighted by Crippen LogP contribution is 2.32. The molecular formula is C15H10Cl6N2O. The van der Waals surface area contributed by atoms with Crippen LogP contribution >= 0.6 is 69.6 Å². The van der Waals surface area contributed by atoms with Crippen LogP contribution in [-0.4, -0.2) is 15.9 Å². The number of benzene rings is 2. The van der Waals surface area contributed by atoms with E-state index in [1.54, 1.807) is 24.3 Å². The van der Waals surface area contributed by atoms with Gasteiger partial charge in [0.2, 0.25) is 3.79 Å². The van der Waals surface area contributed by atoms with Gasteiger partial charge in [-0.3, -0.25) is 4.79 Å². The van der Waals surface area contributed by atoms with Gasteiger partial charge in [-0.15, -0.1) is 0 Å². The van der Waals surface area contributed by atoms with Crippen molar-refractivity contribution in [3.05, 3.63) is 63.1 Å². The van der Waals surface area contributed by atoms with Crippen LogP contribution in [0, 0.1) is 0 Å². The van der Waals surface area contributed by atoms with Gasteiger partial charge >= 0.3 is 0 Å². The molecule has 9 heteroatoms. The van der Waals surface area contributed by atoms with Crippen LogP contribution in [0.15, 0.2) is 42.5 Å². The van der Waals surface area contributed by atoms with Crippen molar-refractivity contribution >= 4 is 81.2 Å². The minimum atomic E-state index is -1.81. The maximum atomic E-state index is 12.4. The van der Waals surface area contributed by atoms with Gasteiger partial charge in [-0.25, -0.2) is 0 Å². The minimum Gasteiger partial charge on any atom is -0.362 e. The third-order valence-electron chi connectivity index (χ3n) is 2.92. The summed E-state index contributed by atoms with van der Waals surface area (Å²) >= 11 is 35.5. The Kier molecular flexibility index (Phi) is 6.77. The summed E-state index contributed by atoms with van der Waals surface area (Å²) in [6.45, 7) is 0. The zero-order valence-corrected chi connectivity index (χ0v) is 16.3. The average Bonchev–Trinajstić information content (AvgIpc) is 2.48. The molecule has 0 fully saturated rings. The molecule has 2 N–H and O–H groups in total. The first kappa shape index (κ1) is 19.8. The molecule has 24 heavy (non-hydrogen) atoms. The molecule has 1 amide bonds. The highest BCUT2D eigenvalue weighted by molar-refractivity contribution is 6.68. The predicted octanol–water partition coefficient (Wildman–Crippen LogP) is 6.19. The third kappa shape index (κ3) is 5.48. The van der Waals surface area contributed by atoms with Crippen molar-refractivity contribution in [1.29, 1.82) is 0 Å². The number of carbonyl (C=O) groups excluding carboxylic acids is 1. The third-order valence-corrected chi connectivity index (χ3v) is 4.55. The summed E-state index contributed by atoms with van der Waals surface area (Å²) in [6, 6.07) is 11.2. The van der Waals surface area contributed by atoms with Gasteiger partial charge in [0, 0.05) is 16.3 Å². The molecule has 0 spiro atoms. The summed E-state index contributed by atoms with van der Waals surface area (Å²) < 4.78 is -1.81. The van der Waals surface area contributed by atoms with Crippen LogP contribution in [0.25, 0.3) is 0 Å². The monoisotopic (exact) mass is 444 g/mol. The van der Waals surface area contributed by atoms with Crippen molar-refractivity contribution in [2.45, 2.75) is 9.96 Å². The molecule has 0 saturated heterocycles. The predicted molar refractivity (Wildman–Crippen MR) is 103 cm³/mol. The molecule has 128 valence electrons. The SMILES string of the molecule is O=C(NC(Nc1cccc(Cl)c1)C(Cl)(Cl)Cl)c1ccc(Cl)c(Cl)c1. The van der Waals surface area contributed by atoms with E-state index in [2.05, 4.69) is 10.6 Å². The lowest BCUT2D eigenvalue weighted by molar-refractivity contribution is 0.0942. The van der Waals surface area contributed by atoms with Crippen molar-refractivity contribution in [2.24, 2.45) is 0 Å². The number of anilines is 1. The highest BCUT2D eigenvalue weighted by Gasteiger charge is 2.34. The van der Waals surface area contributed by atoms with Crippen molar-refractivity contribution in [2.75, 3.05) is 5.32 Å². The normalized spacial score (nSPS) is 12.6. The van der Waals surface area contributed by atoms with E-state index >= 15 is 0 Å². The molecule has 1 unspecified atom stereocenters. The molecule has 0 aliphatic heterocycles. The molecule has 0 aliphatic carbocycles. The van der Waals surface area contributed by atoms with Gasteiger partial charge in [-0.2, -0.15) is 0 Å². The molecule has 3 nitrogen and oxygen atoms in total. The van der Waals surface area contributed by atoms with Gasteiger partial charge < -0.3 is 10.6 Å². The van der Waals surface area contributed by atoms with Gasteiger partial charge in [0.25, 0.3) is 5.91 Å². The molecule has 2 rings (SSSR count). The number of halogens is 6. The molecular weight excluding hydrogens is 437 g/mol. The Morgan fingerprint density at radius 3 is 2.25 bits per heavy atom. The Morgan fingerprint density at radius 2 is 1.67 bits per heavy atom. The standard InChI is InChI=1S/C15H10Cl6N2O/c16-9-2-1-3-10(7-9)22-14(15(19,20)21)23-13(24)8-4-5-11(17)12(18)6-8/h1-7,14,22H,(H,23,24). The molecule has 0 aliphatic rings. The zero-order chi connectivity index (χ0) is 17.9. The lowest BCUT2D eigenvalue weighted by Crippen LogP contribution is -2.49. The van der Waals surface area contributed by atoms with Crippen LogP contribution in [0.2, 0.25) is 15.1 Å². The van der Waals surface area contributed by atoms with Crippen LogP contribution in [-0.2, 0) is 0 Å². The summed E-state index contributed by atoms with van der Waals surface area (Å²) in [5.41, 5.74) is 0.852. The summed E-state index contributed by atoms with van der Waals surface area (Å²) in [6.07, 6.45) is -1.01. The summed E-state index contributed by atoms with van der Waals surface area (Å²) in [5, 5.41) is 6.60. The molecule has 0 heterocycles. The summed E-state index contributed by atoms with van der Waals surface area (Å²) in [4.78, 5) is 12.4. The highest BCUT2D eigenvalue weighted by atomic mass is 35.6. The summed E-state index contributed by atoms with van der Waals surface area (Å²) in [5.74, 6) is -0.487. The largest absolute Gasteiger partial charge is 0.362 e. The lowest BCUT2D eigenvalue weighted by Gasteiger charge is -2.27. The molecule has 0 saturated carbocycles.